The first-order chi connectivity index (χ1) is 9.73. The SMILES string of the molecule is Cc1c(Br)cnc2c1N(C(=O)OC(C)(C)C)CC(C#N)C2. The Hall–Kier alpha value is -1.61. The van der Waals surface area contributed by atoms with Gasteiger partial charge in [0.15, 0.2) is 0 Å². The van der Waals surface area contributed by atoms with Crippen molar-refractivity contribution in [2.75, 3.05) is 11.4 Å². The standard InChI is InChI=1S/C15H18BrN3O2/c1-9-11(16)7-18-12-5-10(6-17)8-19(13(9)12)14(20)21-15(2,3)4/h7,10H,5,8H2,1-4H3. The molecule has 0 aromatic carbocycles. The summed E-state index contributed by atoms with van der Waals surface area (Å²) >= 11 is 3.44. The van der Waals surface area contributed by atoms with Gasteiger partial charge < -0.3 is 4.74 Å². The molecule has 1 atom stereocenters. The first kappa shape index (κ1) is 15.8. The number of fused-ring (bicyclic) bond motifs is 1. The third-order valence-corrected chi connectivity index (χ3v) is 4.03. The molecule has 0 aliphatic carbocycles. The van der Waals surface area contributed by atoms with Gasteiger partial charge in [0, 0.05) is 23.6 Å². The van der Waals surface area contributed by atoms with Crippen LogP contribution in [0.2, 0.25) is 0 Å². The predicted octanol–water partition coefficient (Wildman–Crippen LogP) is 3.59. The average molecular weight is 352 g/mol. The number of anilines is 1. The molecule has 1 aliphatic heterocycles. The third kappa shape index (κ3) is 3.35. The topological polar surface area (TPSA) is 66.2 Å². The highest BCUT2D eigenvalue weighted by atomic mass is 79.9. The summed E-state index contributed by atoms with van der Waals surface area (Å²) < 4.78 is 6.29. The minimum atomic E-state index is -0.579. The van der Waals surface area contributed by atoms with Gasteiger partial charge in [0.2, 0.25) is 0 Å². The highest BCUT2D eigenvalue weighted by Crippen LogP contribution is 2.35. The van der Waals surface area contributed by atoms with Gasteiger partial charge in [-0.2, -0.15) is 5.26 Å². The van der Waals surface area contributed by atoms with E-state index in [-0.39, 0.29) is 5.92 Å². The number of nitriles is 1. The largest absolute Gasteiger partial charge is 0.443 e. The van der Waals surface area contributed by atoms with Crippen LogP contribution in [-0.2, 0) is 11.2 Å². The highest BCUT2D eigenvalue weighted by molar-refractivity contribution is 9.10. The van der Waals surface area contributed by atoms with Crippen LogP contribution in [0.15, 0.2) is 10.7 Å². The number of rotatable bonds is 0. The Labute approximate surface area is 133 Å². The summed E-state index contributed by atoms with van der Waals surface area (Å²) in [7, 11) is 0. The van der Waals surface area contributed by atoms with Gasteiger partial charge in [0.05, 0.1) is 23.4 Å². The van der Waals surface area contributed by atoms with Crippen molar-refractivity contribution in [1.29, 1.82) is 5.26 Å². The van der Waals surface area contributed by atoms with Gasteiger partial charge in [-0.25, -0.2) is 4.79 Å². The highest BCUT2D eigenvalue weighted by Gasteiger charge is 2.34. The second kappa shape index (κ2) is 5.64. The number of carbonyl (C=O) groups is 1. The minimum absolute atomic E-state index is 0.266. The van der Waals surface area contributed by atoms with E-state index in [4.69, 9.17) is 4.74 Å². The lowest BCUT2D eigenvalue weighted by atomic mass is 9.96. The summed E-state index contributed by atoms with van der Waals surface area (Å²) in [5, 5.41) is 9.21. The zero-order valence-electron chi connectivity index (χ0n) is 12.6. The van der Waals surface area contributed by atoms with Crippen molar-refractivity contribution in [3.63, 3.8) is 0 Å². The van der Waals surface area contributed by atoms with Crippen molar-refractivity contribution >= 4 is 27.7 Å². The molecule has 0 bridgehead atoms. The monoisotopic (exact) mass is 351 g/mol. The summed E-state index contributed by atoms with van der Waals surface area (Å²) in [6.07, 6.45) is 1.83. The Balaban J connectivity index is 2.45. The lowest BCUT2D eigenvalue weighted by Gasteiger charge is -2.34. The summed E-state index contributed by atoms with van der Waals surface area (Å²) in [4.78, 5) is 18.3. The van der Waals surface area contributed by atoms with Crippen LogP contribution in [0.25, 0.3) is 0 Å². The van der Waals surface area contributed by atoms with Crippen molar-refractivity contribution in [3.05, 3.63) is 21.9 Å². The number of amides is 1. The average Bonchev–Trinajstić information content (AvgIpc) is 2.39. The van der Waals surface area contributed by atoms with E-state index in [1.165, 1.54) is 4.90 Å². The van der Waals surface area contributed by atoms with Gasteiger partial charge >= 0.3 is 6.09 Å². The van der Waals surface area contributed by atoms with Crippen LogP contribution in [-0.4, -0.2) is 23.2 Å². The maximum absolute atomic E-state index is 12.5. The Bertz CT molecular complexity index is 617. The van der Waals surface area contributed by atoms with E-state index >= 15 is 0 Å². The van der Waals surface area contributed by atoms with Gasteiger partial charge in [-0.3, -0.25) is 9.88 Å². The Kier molecular flexibility index (Phi) is 4.24. The molecule has 1 aromatic rings. The smallest absolute Gasteiger partial charge is 0.414 e. The van der Waals surface area contributed by atoms with Gasteiger partial charge in [-0.15, -0.1) is 0 Å². The molecular weight excluding hydrogens is 334 g/mol. The van der Waals surface area contributed by atoms with Crippen LogP contribution in [0, 0.1) is 24.2 Å². The fraction of sp³-hybridized carbons (Fsp3) is 0.533. The fourth-order valence-corrected chi connectivity index (χ4v) is 2.60. The van der Waals surface area contributed by atoms with Crippen molar-refractivity contribution in [2.45, 2.75) is 39.7 Å². The third-order valence-electron chi connectivity index (χ3n) is 3.23. The van der Waals surface area contributed by atoms with E-state index in [0.717, 1.165) is 21.4 Å². The zero-order chi connectivity index (χ0) is 15.8. The molecule has 0 radical (unpaired) electrons. The molecule has 2 heterocycles. The number of hydrogen-bond donors (Lipinski definition) is 0. The van der Waals surface area contributed by atoms with Gasteiger partial charge in [-0.1, -0.05) is 0 Å². The first-order valence-corrected chi connectivity index (χ1v) is 7.56. The molecule has 1 aliphatic rings. The van der Waals surface area contributed by atoms with E-state index in [2.05, 4.69) is 27.0 Å². The first-order valence-electron chi connectivity index (χ1n) is 6.77. The van der Waals surface area contributed by atoms with Crippen molar-refractivity contribution in [2.24, 2.45) is 5.92 Å². The molecule has 21 heavy (non-hydrogen) atoms. The van der Waals surface area contributed by atoms with Crippen LogP contribution >= 0.6 is 15.9 Å². The van der Waals surface area contributed by atoms with Crippen LogP contribution < -0.4 is 4.90 Å². The van der Waals surface area contributed by atoms with Crippen molar-refractivity contribution < 1.29 is 9.53 Å². The molecule has 2 rings (SSSR count). The van der Waals surface area contributed by atoms with E-state index < -0.39 is 11.7 Å². The molecule has 1 unspecified atom stereocenters. The molecule has 0 N–H and O–H groups in total. The Morgan fingerprint density at radius 1 is 1.57 bits per heavy atom. The Morgan fingerprint density at radius 2 is 2.24 bits per heavy atom. The Morgan fingerprint density at radius 3 is 2.81 bits per heavy atom. The molecule has 0 saturated heterocycles. The summed E-state index contributed by atoms with van der Waals surface area (Å²) in [5.41, 5.74) is 1.87. The molecule has 6 heteroatoms. The van der Waals surface area contributed by atoms with Crippen LogP contribution in [0.5, 0.6) is 0 Å². The molecule has 0 saturated carbocycles. The maximum Gasteiger partial charge on any atom is 0.414 e. The molecule has 1 aromatic heterocycles. The van der Waals surface area contributed by atoms with Crippen LogP contribution in [0.4, 0.5) is 10.5 Å². The molecule has 0 spiro atoms. The van der Waals surface area contributed by atoms with E-state index in [1.807, 2.05) is 27.7 Å². The molecule has 0 fully saturated rings. The maximum atomic E-state index is 12.5. The summed E-state index contributed by atoms with van der Waals surface area (Å²) in [5.74, 6) is -0.266. The van der Waals surface area contributed by atoms with Crippen LogP contribution in [0.3, 0.4) is 0 Å². The number of carbonyl (C=O) groups excluding carboxylic acids is 1. The summed E-state index contributed by atoms with van der Waals surface area (Å²) in [6.45, 7) is 7.72. The lowest BCUT2D eigenvalue weighted by Crippen LogP contribution is -2.43. The number of nitrogens with zero attached hydrogens (tertiary/aromatic N) is 3. The molecule has 112 valence electrons. The number of halogens is 1. The number of ether oxygens (including phenoxy) is 1. The van der Waals surface area contributed by atoms with E-state index in [0.29, 0.717) is 13.0 Å². The van der Waals surface area contributed by atoms with Crippen molar-refractivity contribution in [3.8, 4) is 6.07 Å². The van der Waals surface area contributed by atoms with E-state index in [9.17, 15) is 10.1 Å². The second-order valence-electron chi connectivity index (χ2n) is 6.15. The summed E-state index contributed by atoms with van der Waals surface area (Å²) in [6, 6.07) is 2.23. The van der Waals surface area contributed by atoms with E-state index in [1.54, 1.807) is 6.20 Å². The molecular formula is C15H18BrN3O2. The minimum Gasteiger partial charge on any atom is -0.443 e. The number of pyridine rings is 1. The zero-order valence-corrected chi connectivity index (χ0v) is 14.2. The van der Waals surface area contributed by atoms with Crippen LogP contribution in [0.1, 0.15) is 32.0 Å². The molecule has 5 nitrogen and oxygen atoms in total. The fourth-order valence-electron chi connectivity index (χ4n) is 2.31. The normalized spacial score (nSPS) is 17.9. The van der Waals surface area contributed by atoms with Crippen molar-refractivity contribution in [1.82, 2.24) is 4.98 Å². The molecule has 1 amide bonds. The lowest BCUT2D eigenvalue weighted by molar-refractivity contribution is 0.0573. The predicted molar refractivity (Wildman–Crippen MR) is 83.1 cm³/mol. The second-order valence-corrected chi connectivity index (χ2v) is 7.00. The van der Waals surface area contributed by atoms with Gasteiger partial charge in [0.1, 0.15) is 5.60 Å². The van der Waals surface area contributed by atoms with Gasteiger partial charge in [-0.05, 0) is 49.2 Å². The van der Waals surface area contributed by atoms with Gasteiger partial charge in [0.25, 0.3) is 0 Å². The quantitative estimate of drug-likeness (QED) is 0.716. The number of aromatic nitrogens is 1. The number of hydrogen-bond acceptors (Lipinski definition) is 4.